The fourth-order valence-electron chi connectivity index (χ4n) is 2.38. The molecule has 3 heterocycles. The van der Waals surface area contributed by atoms with Crippen molar-refractivity contribution in [3.63, 3.8) is 0 Å². The fraction of sp³-hybridized carbons (Fsp3) is 0.188. The first-order valence-corrected chi connectivity index (χ1v) is 6.70. The predicted molar refractivity (Wildman–Crippen MR) is 78.8 cm³/mol. The van der Waals surface area contributed by atoms with E-state index in [-0.39, 0.29) is 0 Å². The van der Waals surface area contributed by atoms with Crippen LogP contribution < -0.4 is 4.74 Å². The van der Waals surface area contributed by atoms with Crippen LogP contribution in [0.3, 0.4) is 0 Å². The third-order valence-corrected chi connectivity index (χ3v) is 3.50. The van der Waals surface area contributed by atoms with Crippen molar-refractivity contribution in [3.05, 3.63) is 59.7 Å². The van der Waals surface area contributed by atoms with Crippen LogP contribution in [-0.2, 0) is 12.8 Å². The molecule has 5 nitrogen and oxygen atoms in total. The highest BCUT2D eigenvalue weighted by Crippen LogP contribution is 2.17. The second kappa shape index (κ2) is 5.75. The van der Waals surface area contributed by atoms with E-state index in [2.05, 4.69) is 16.0 Å². The summed E-state index contributed by atoms with van der Waals surface area (Å²) in [5.74, 6) is 0.455. The van der Waals surface area contributed by atoms with Gasteiger partial charge in [-0.15, -0.1) is 0 Å². The Labute approximate surface area is 122 Å². The van der Waals surface area contributed by atoms with Gasteiger partial charge in [-0.2, -0.15) is 0 Å². The van der Waals surface area contributed by atoms with Crippen LogP contribution in [0.1, 0.15) is 21.5 Å². The first kappa shape index (κ1) is 13.3. The number of ether oxygens (including phenoxy) is 1. The lowest BCUT2D eigenvalue weighted by Gasteiger charge is -2.07. The number of hydrogen-bond donors (Lipinski definition) is 0. The minimum absolute atomic E-state index is 0.455. The molecule has 0 unspecified atom stereocenters. The number of pyridine rings is 2. The van der Waals surface area contributed by atoms with Crippen LogP contribution in [0.5, 0.6) is 5.88 Å². The molecule has 0 atom stereocenters. The molecule has 0 radical (unpaired) electrons. The molecule has 3 aromatic heterocycles. The molecule has 0 aliphatic heterocycles. The second-order valence-electron chi connectivity index (χ2n) is 4.73. The van der Waals surface area contributed by atoms with Gasteiger partial charge >= 0.3 is 0 Å². The number of aromatic nitrogens is 3. The van der Waals surface area contributed by atoms with E-state index in [1.165, 1.54) is 7.11 Å². The monoisotopic (exact) mass is 281 g/mol. The molecule has 3 aromatic rings. The van der Waals surface area contributed by atoms with Gasteiger partial charge in [0.05, 0.1) is 7.11 Å². The van der Waals surface area contributed by atoms with Gasteiger partial charge < -0.3 is 9.14 Å². The van der Waals surface area contributed by atoms with Crippen LogP contribution in [-0.4, -0.2) is 27.8 Å². The molecule has 0 fully saturated rings. The van der Waals surface area contributed by atoms with Crippen molar-refractivity contribution in [1.29, 1.82) is 0 Å². The maximum absolute atomic E-state index is 11.2. The number of aryl methyl sites for hydroxylation is 2. The summed E-state index contributed by atoms with van der Waals surface area (Å²) in [5.41, 5.74) is 3.64. The fourth-order valence-corrected chi connectivity index (χ4v) is 2.38. The number of methoxy groups -OCH3 is 1. The highest BCUT2D eigenvalue weighted by molar-refractivity contribution is 5.77. The number of nitrogens with zero attached hydrogens (tertiary/aromatic N) is 3. The average Bonchev–Trinajstić information content (AvgIpc) is 3.01. The smallest absolute Gasteiger partial charge is 0.213 e. The lowest BCUT2D eigenvalue weighted by molar-refractivity contribution is 0.112. The van der Waals surface area contributed by atoms with Gasteiger partial charge in [0.1, 0.15) is 5.65 Å². The van der Waals surface area contributed by atoms with E-state index in [1.54, 1.807) is 18.5 Å². The Morgan fingerprint density at radius 2 is 2.10 bits per heavy atom. The molecule has 0 amide bonds. The maximum Gasteiger partial charge on any atom is 0.213 e. The van der Waals surface area contributed by atoms with E-state index < -0.39 is 0 Å². The lowest BCUT2D eigenvalue weighted by Crippen LogP contribution is -2.00. The van der Waals surface area contributed by atoms with Gasteiger partial charge in [0.25, 0.3) is 0 Å². The molecular formula is C16H15N3O2. The maximum atomic E-state index is 11.2. The van der Waals surface area contributed by atoms with Crippen molar-refractivity contribution in [2.75, 3.05) is 7.11 Å². The van der Waals surface area contributed by atoms with Crippen LogP contribution in [0, 0.1) is 0 Å². The van der Waals surface area contributed by atoms with Crippen molar-refractivity contribution in [1.82, 2.24) is 14.4 Å². The molecule has 0 saturated heterocycles. The first-order chi connectivity index (χ1) is 10.3. The minimum atomic E-state index is 0.455. The summed E-state index contributed by atoms with van der Waals surface area (Å²) in [5, 5.41) is 0. The predicted octanol–water partition coefficient (Wildman–Crippen LogP) is 2.34. The molecule has 0 aromatic carbocycles. The summed E-state index contributed by atoms with van der Waals surface area (Å²) in [4.78, 5) is 19.7. The zero-order chi connectivity index (χ0) is 14.7. The number of imidazole rings is 1. The van der Waals surface area contributed by atoms with E-state index in [9.17, 15) is 4.79 Å². The van der Waals surface area contributed by atoms with Gasteiger partial charge in [-0.05, 0) is 30.0 Å². The van der Waals surface area contributed by atoms with Crippen LogP contribution in [0.25, 0.3) is 5.65 Å². The Balaban J connectivity index is 1.84. The minimum Gasteiger partial charge on any atom is -0.481 e. The quantitative estimate of drug-likeness (QED) is 0.674. The molecule has 0 saturated carbocycles. The average molecular weight is 281 g/mol. The van der Waals surface area contributed by atoms with E-state index in [1.807, 2.05) is 22.9 Å². The normalized spacial score (nSPS) is 10.7. The molecule has 21 heavy (non-hydrogen) atoms. The van der Waals surface area contributed by atoms with Crippen molar-refractivity contribution in [2.24, 2.45) is 0 Å². The van der Waals surface area contributed by atoms with Crippen molar-refractivity contribution in [2.45, 2.75) is 12.8 Å². The van der Waals surface area contributed by atoms with Gasteiger partial charge in [-0.3, -0.25) is 4.79 Å². The molecule has 0 spiro atoms. The number of carbonyl (C=O) groups is 1. The number of carbonyl (C=O) groups excluding carboxylic acids is 1. The molecule has 0 aliphatic rings. The van der Waals surface area contributed by atoms with Gasteiger partial charge in [0, 0.05) is 36.4 Å². The molecule has 0 bridgehead atoms. The molecular weight excluding hydrogens is 266 g/mol. The van der Waals surface area contributed by atoms with Crippen LogP contribution in [0.4, 0.5) is 0 Å². The zero-order valence-corrected chi connectivity index (χ0v) is 11.7. The van der Waals surface area contributed by atoms with E-state index in [0.29, 0.717) is 11.4 Å². The Morgan fingerprint density at radius 1 is 1.24 bits per heavy atom. The van der Waals surface area contributed by atoms with Crippen LogP contribution in [0.15, 0.2) is 43.0 Å². The standard InChI is InChI=1S/C16H15N3O2/c1-21-15-9-14(11-20)13(10-18-15)5-4-12-3-2-7-19-8-6-17-16(12)19/h2-3,6-11H,4-5H2,1H3. The van der Waals surface area contributed by atoms with Gasteiger partial charge in [0.2, 0.25) is 5.88 Å². The van der Waals surface area contributed by atoms with Crippen molar-refractivity contribution >= 4 is 11.9 Å². The Morgan fingerprint density at radius 3 is 2.90 bits per heavy atom. The number of fused-ring (bicyclic) bond motifs is 1. The number of rotatable bonds is 5. The van der Waals surface area contributed by atoms with Gasteiger partial charge in [-0.25, -0.2) is 9.97 Å². The summed E-state index contributed by atoms with van der Waals surface area (Å²) in [6.45, 7) is 0. The third kappa shape index (κ3) is 2.63. The van der Waals surface area contributed by atoms with Crippen LogP contribution >= 0.6 is 0 Å². The highest BCUT2D eigenvalue weighted by Gasteiger charge is 2.07. The summed E-state index contributed by atoms with van der Waals surface area (Å²) in [6, 6.07) is 5.72. The molecule has 0 N–H and O–H groups in total. The largest absolute Gasteiger partial charge is 0.481 e. The Bertz CT molecular complexity index is 780. The van der Waals surface area contributed by atoms with Gasteiger partial charge in [-0.1, -0.05) is 6.07 Å². The summed E-state index contributed by atoms with van der Waals surface area (Å²) in [6.07, 6.45) is 9.75. The second-order valence-corrected chi connectivity index (χ2v) is 4.73. The lowest BCUT2D eigenvalue weighted by atomic mass is 10.0. The number of aldehydes is 1. The number of hydrogen-bond acceptors (Lipinski definition) is 4. The van der Waals surface area contributed by atoms with E-state index in [0.717, 1.165) is 35.9 Å². The Hall–Kier alpha value is -2.69. The molecule has 0 aliphatic carbocycles. The van der Waals surface area contributed by atoms with Crippen LogP contribution in [0.2, 0.25) is 0 Å². The first-order valence-electron chi connectivity index (χ1n) is 6.70. The topological polar surface area (TPSA) is 56.5 Å². The van der Waals surface area contributed by atoms with E-state index >= 15 is 0 Å². The van der Waals surface area contributed by atoms with Crippen molar-refractivity contribution < 1.29 is 9.53 Å². The van der Waals surface area contributed by atoms with Gasteiger partial charge in [0.15, 0.2) is 6.29 Å². The summed E-state index contributed by atoms with van der Waals surface area (Å²) in [7, 11) is 1.54. The summed E-state index contributed by atoms with van der Waals surface area (Å²) >= 11 is 0. The SMILES string of the molecule is COc1cc(C=O)c(CCc2cccn3ccnc23)cn1. The zero-order valence-electron chi connectivity index (χ0n) is 11.7. The molecule has 106 valence electrons. The molecule has 5 heteroatoms. The summed E-state index contributed by atoms with van der Waals surface area (Å²) < 4.78 is 7.03. The van der Waals surface area contributed by atoms with E-state index in [4.69, 9.17) is 4.74 Å². The van der Waals surface area contributed by atoms with Crippen molar-refractivity contribution in [3.8, 4) is 5.88 Å². The third-order valence-electron chi connectivity index (χ3n) is 3.50. The molecule has 3 rings (SSSR count). The highest BCUT2D eigenvalue weighted by atomic mass is 16.5. The Kier molecular flexibility index (Phi) is 3.64.